The molecule has 0 bridgehead atoms. The quantitative estimate of drug-likeness (QED) is 0.795. The lowest BCUT2D eigenvalue weighted by atomic mass is 10.2. The average molecular weight is 235 g/mol. The highest BCUT2D eigenvalue weighted by molar-refractivity contribution is 9.10. The topological polar surface area (TPSA) is 20.2 Å². The van der Waals surface area contributed by atoms with E-state index in [2.05, 4.69) is 27.4 Å². The maximum absolute atomic E-state index is 8.54. The van der Waals surface area contributed by atoms with Crippen molar-refractivity contribution in [2.24, 2.45) is 0 Å². The third-order valence-corrected chi connectivity index (χ3v) is 3.21. The summed E-state index contributed by atoms with van der Waals surface area (Å²) in [6, 6.07) is 2.14. The van der Waals surface area contributed by atoms with Crippen LogP contribution in [0.4, 0.5) is 0 Å². The van der Waals surface area contributed by atoms with Crippen molar-refractivity contribution in [3.8, 4) is 0 Å². The summed E-state index contributed by atoms with van der Waals surface area (Å²) in [4.78, 5) is 1.39. The molecule has 1 rings (SSSR count). The summed E-state index contributed by atoms with van der Waals surface area (Å²) >= 11 is 5.17. The van der Waals surface area contributed by atoms with Crippen molar-refractivity contribution in [1.29, 1.82) is 0 Å². The van der Waals surface area contributed by atoms with E-state index in [1.165, 1.54) is 9.35 Å². The lowest BCUT2D eigenvalue weighted by Crippen LogP contribution is -1.84. The summed E-state index contributed by atoms with van der Waals surface area (Å²) in [6.07, 6.45) is 3.09. The van der Waals surface area contributed by atoms with Crippen LogP contribution in [0.3, 0.4) is 0 Å². The lowest BCUT2D eigenvalue weighted by Gasteiger charge is -1.93. The normalized spacial score (nSPS) is 10.4. The number of hydrogen-bond acceptors (Lipinski definition) is 2. The van der Waals surface area contributed by atoms with Crippen LogP contribution in [0.5, 0.6) is 0 Å². The van der Waals surface area contributed by atoms with Crippen molar-refractivity contribution in [3.05, 3.63) is 20.8 Å². The third kappa shape index (κ3) is 3.36. The largest absolute Gasteiger partial charge is 0.396 e. The fourth-order valence-electron chi connectivity index (χ4n) is 0.896. The molecule has 11 heavy (non-hydrogen) atoms. The van der Waals surface area contributed by atoms with Gasteiger partial charge in [0.1, 0.15) is 0 Å². The molecule has 0 aliphatic rings. The van der Waals surface area contributed by atoms with Gasteiger partial charge in [0.05, 0.1) is 0 Å². The van der Waals surface area contributed by atoms with Gasteiger partial charge < -0.3 is 5.11 Å². The number of aryl methyl sites for hydroxylation is 1. The molecule has 1 nitrogen and oxygen atoms in total. The van der Waals surface area contributed by atoms with Crippen molar-refractivity contribution in [2.45, 2.75) is 19.3 Å². The summed E-state index contributed by atoms with van der Waals surface area (Å²) < 4.78 is 1.17. The molecule has 1 aromatic rings. The molecule has 3 heteroatoms. The highest BCUT2D eigenvalue weighted by Gasteiger charge is 1.96. The van der Waals surface area contributed by atoms with Crippen LogP contribution >= 0.6 is 27.3 Å². The van der Waals surface area contributed by atoms with Gasteiger partial charge in [-0.15, -0.1) is 11.3 Å². The number of hydrogen-bond donors (Lipinski definition) is 1. The van der Waals surface area contributed by atoms with E-state index in [0.717, 1.165) is 19.3 Å². The Kier molecular flexibility index (Phi) is 4.12. The van der Waals surface area contributed by atoms with E-state index in [1.54, 1.807) is 11.3 Å². The van der Waals surface area contributed by atoms with Gasteiger partial charge in [-0.3, -0.25) is 0 Å². The predicted molar refractivity (Wildman–Crippen MR) is 52.0 cm³/mol. The van der Waals surface area contributed by atoms with Crippen LogP contribution in [0.1, 0.15) is 17.7 Å². The van der Waals surface area contributed by atoms with E-state index in [4.69, 9.17) is 5.11 Å². The van der Waals surface area contributed by atoms with Crippen LogP contribution in [0.15, 0.2) is 15.9 Å². The second-order valence-corrected chi connectivity index (χ2v) is 4.32. The second kappa shape index (κ2) is 4.91. The summed E-state index contributed by atoms with van der Waals surface area (Å²) in [7, 11) is 0. The zero-order valence-corrected chi connectivity index (χ0v) is 8.62. The fourth-order valence-corrected chi connectivity index (χ4v) is 2.39. The molecule has 1 heterocycles. The number of halogens is 1. The average Bonchev–Trinajstić information content (AvgIpc) is 2.37. The van der Waals surface area contributed by atoms with Crippen LogP contribution in [0.25, 0.3) is 0 Å². The lowest BCUT2D eigenvalue weighted by molar-refractivity contribution is 0.285. The first-order valence-electron chi connectivity index (χ1n) is 3.66. The van der Waals surface area contributed by atoms with E-state index >= 15 is 0 Å². The van der Waals surface area contributed by atoms with Gasteiger partial charge in [-0.2, -0.15) is 0 Å². The Morgan fingerprint density at radius 2 is 2.27 bits per heavy atom. The molecular formula is C8H11BrOS. The number of unbranched alkanes of at least 4 members (excludes halogenated alkanes) is 1. The summed E-state index contributed by atoms with van der Waals surface area (Å²) in [5.41, 5.74) is 0. The second-order valence-electron chi connectivity index (χ2n) is 2.41. The minimum atomic E-state index is 0.312. The maximum Gasteiger partial charge on any atom is 0.0431 e. The van der Waals surface area contributed by atoms with Gasteiger partial charge in [0.2, 0.25) is 0 Å². The zero-order chi connectivity index (χ0) is 8.10. The predicted octanol–water partition coefficient (Wildman–Crippen LogP) is 2.83. The molecule has 1 N–H and O–H groups in total. The molecule has 0 spiro atoms. The zero-order valence-electron chi connectivity index (χ0n) is 6.22. The van der Waals surface area contributed by atoms with E-state index in [-0.39, 0.29) is 0 Å². The van der Waals surface area contributed by atoms with Crippen LogP contribution < -0.4 is 0 Å². The minimum Gasteiger partial charge on any atom is -0.396 e. The minimum absolute atomic E-state index is 0.312. The van der Waals surface area contributed by atoms with Crippen molar-refractivity contribution in [3.63, 3.8) is 0 Å². The molecule has 0 atom stereocenters. The van der Waals surface area contributed by atoms with Crippen molar-refractivity contribution in [2.75, 3.05) is 6.61 Å². The van der Waals surface area contributed by atoms with Crippen molar-refractivity contribution in [1.82, 2.24) is 0 Å². The Bertz CT molecular complexity index is 210. The highest BCUT2D eigenvalue weighted by Crippen LogP contribution is 2.21. The Labute approximate surface area is 79.2 Å². The molecule has 0 radical (unpaired) electrons. The van der Waals surface area contributed by atoms with Gasteiger partial charge in [0.25, 0.3) is 0 Å². The molecule has 0 saturated carbocycles. The van der Waals surface area contributed by atoms with E-state index < -0.39 is 0 Å². The first-order valence-corrected chi connectivity index (χ1v) is 5.34. The van der Waals surface area contributed by atoms with Gasteiger partial charge in [-0.1, -0.05) is 0 Å². The van der Waals surface area contributed by atoms with Crippen LogP contribution in [-0.4, -0.2) is 11.7 Å². The van der Waals surface area contributed by atoms with Gasteiger partial charge >= 0.3 is 0 Å². The third-order valence-electron chi connectivity index (χ3n) is 1.45. The number of thiophene rings is 1. The summed E-state index contributed by atoms with van der Waals surface area (Å²) in [5, 5.41) is 10.6. The van der Waals surface area contributed by atoms with Crippen LogP contribution in [0, 0.1) is 0 Å². The Balaban J connectivity index is 2.27. The first-order chi connectivity index (χ1) is 5.33. The van der Waals surface area contributed by atoms with Gasteiger partial charge in [0, 0.05) is 21.3 Å². The molecule has 0 aromatic carbocycles. The van der Waals surface area contributed by atoms with E-state index in [1.807, 2.05) is 0 Å². The standard InChI is InChI=1S/C8H11BrOS/c9-7-5-8(11-6-7)3-1-2-4-10/h5-6,10H,1-4H2. The monoisotopic (exact) mass is 234 g/mol. The number of aliphatic hydroxyl groups is 1. The number of rotatable bonds is 4. The molecule has 1 aromatic heterocycles. The van der Waals surface area contributed by atoms with Crippen LogP contribution in [0.2, 0.25) is 0 Å². The highest BCUT2D eigenvalue weighted by atomic mass is 79.9. The molecule has 0 amide bonds. The first kappa shape index (κ1) is 9.23. The Hall–Kier alpha value is 0.140. The summed E-state index contributed by atoms with van der Waals surface area (Å²) in [6.45, 7) is 0.312. The summed E-state index contributed by atoms with van der Waals surface area (Å²) in [5.74, 6) is 0. The van der Waals surface area contributed by atoms with Crippen LogP contribution in [-0.2, 0) is 6.42 Å². The molecule has 0 saturated heterocycles. The molecule has 0 fully saturated rings. The van der Waals surface area contributed by atoms with E-state index in [0.29, 0.717) is 6.61 Å². The molecule has 0 aliphatic carbocycles. The Morgan fingerprint density at radius 3 is 2.82 bits per heavy atom. The Morgan fingerprint density at radius 1 is 1.45 bits per heavy atom. The fraction of sp³-hybridized carbons (Fsp3) is 0.500. The SMILES string of the molecule is OCCCCc1cc(Br)cs1. The van der Waals surface area contributed by atoms with Crippen molar-refractivity contribution < 1.29 is 5.11 Å². The number of aliphatic hydroxyl groups excluding tert-OH is 1. The molecule has 0 unspecified atom stereocenters. The van der Waals surface area contributed by atoms with Gasteiger partial charge in [0.15, 0.2) is 0 Å². The van der Waals surface area contributed by atoms with Gasteiger partial charge in [-0.25, -0.2) is 0 Å². The molecule has 62 valence electrons. The maximum atomic E-state index is 8.54. The van der Waals surface area contributed by atoms with Gasteiger partial charge in [-0.05, 0) is 41.3 Å². The smallest absolute Gasteiger partial charge is 0.0431 e. The van der Waals surface area contributed by atoms with E-state index in [9.17, 15) is 0 Å². The van der Waals surface area contributed by atoms with Crippen molar-refractivity contribution >= 4 is 27.3 Å². The molecular weight excluding hydrogens is 224 g/mol. The molecule has 0 aliphatic heterocycles.